The van der Waals surface area contributed by atoms with Crippen molar-refractivity contribution in [3.63, 3.8) is 0 Å². The molecule has 0 spiro atoms. The van der Waals surface area contributed by atoms with E-state index in [4.69, 9.17) is 5.73 Å². The number of hydrogen-bond donors (Lipinski definition) is 3. The first-order valence-electron chi connectivity index (χ1n) is 8.34. The number of aromatic nitrogens is 2. The van der Waals surface area contributed by atoms with E-state index in [2.05, 4.69) is 20.0 Å². The molecule has 9 heteroatoms. The number of rotatable bonds is 5. The van der Waals surface area contributed by atoms with Gasteiger partial charge in [0, 0.05) is 18.1 Å². The zero-order valence-corrected chi connectivity index (χ0v) is 16.1. The number of nitrogens with two attached hydrogens (primary N) is 1. The molecule has 144 valence electrons. The van der Waals surface area contributed by atoms with Gasteiger partial charge in [-0.3, -0.25) is 9.52 Å². The predicted molar refractivity (Wildman–Crippen MR) is 108 cm³/mol. The molecule has 0 radical (unpaired) electrons. The van der Waals surface area contributed by atoms with Crippen molar-refractivity contribution in [1.29, 1.82) is 0 Å². The van der Waals surface area contributed by atoms with Gasteiger partial charge in [-0.15, -0.1) is 0 Å². The van der Waals surface area contributed by atoms with Crippen molar-refractivity contribution in [3.05, 3.63) is 71.7 Å². The maximum Gasteiger partial charge on any atom is 0.278 e. The van der Waals surface area contributed by atoms with E-state index in [1.54, 1.807) is 36.4 Å². The Bertz CT molecular complexity index is 1150. The number of anilines is 3. The average molecular weight is 397 g/mol. The second kappa shape index (κ2) is 7.65. The van der Waals surface area contributed by atoms with Crippen LogP contribution in [-0.4, -0.2) is 24.3 Å². The van der Waals surface area contributed by atoms with E-state index in [0.29, 0.717) is 11.4 Å². The number of nitrogen functional groups attached to an aromatic ring is 1. The van der Waals surface area contributed by atoms with Gasteiger partial charge in [-0.25, -0.2) is 18.4 Å². The van der Waals surface area contributed by atoms with Gasteiger partial charge < -0.3 is 11.1 Å². The number of nitrogens with one attached hydrogen (secondary N) is 2. The topological polar surface area (TPSA) is 127 Å². The number of aryl methyl sites for hydroxylation is 2. The summed E-state index contributed by atoms with van der Waals surface area (Å²) in [5, 5.41) is 2.63. The van der Waals surface area contributed by atoms with Crippen molar-refractivity contribution in [2.45, 2.75) is 18.7 Å². The Hall–Kier alpha value is -3.46. The Labute approximate surface area is 162 Å². The summed E-state index contributed by atoms with van der Waals surface area (Å²) in [6.07, 6.45) is 2.74. The molecule has 8 nitrogen and oxygen atoms in total. The first-order valence-corrected chi connectivity index (χ1v) is 9.82. The SMILES string of the molecule is Cc1ccc(S(=O)(=O)Nc2cccc(NC(=O)c3nccnc3N)c2)cc1C. The van der Waals surface area contributed by atoms with Crippen LogP contribution in [0.3, 0.4) is 0 Å². The molecule has 3 rings (SSSR count). The summed E-state index contributed by atoms with van der Waals surface area (Å²) in [6, 6.07) is 11.2. The number of amides is 1. The monoisotopic (exact) mass is 397 g/mol. The van der Waals surface area contributed by atoms with E-state index in [1.165, 1.54) is 18.5 Å². The van der Waals surface area contributed by atoms with Crippen molar-refractivity contribution in [2.75, 3.05) is 15.8 Å². The van der Waals surface area contributed by atoms with Gasteiger partial charge in [0.15, 0.2) is 11.5 Å². The molecule has 0 atom stereocenters. The average Bonchev–Trinajstić information content (AvgIpc) is 2.64. The zero-order chi connectivity index (χ0) is 20.3. The molecular weight excluding hydrogens is 378 g/mol. The van der Waals surface area contributed by atoms with E-state index in [-0.39, 0.29) is 16.4 Å². The molecule has 0 aliphatic carbocycles. The lowest BCUT2D eigenvalue weighted by molar-refractivity contribution is 0.102. The normalized spacial score (nSPS) is 11.1. The van der Waals surface area contributed by atoms with Gasteiger partial charge in [-0.2, -0.15) is 0 Å². The number of sulfonamides is 1. The smallest absolute Gasteiger partial charge is 0.278 e. The van der Waals surface area contributed by atoms with E-state index < -0.39 is 15.9 Å². The summed E-state index contributed by atoms with van der Waals surface area (Å²) in [4.78, 5) is 20.2. The van der Waals surface area contributed by atoms with Crippen LogP contribution in [0.15, 0.2) is 59.8 Å². The van der Waals surface area contributed by atoms with Gasteiger partial charge in [0.05, 0.1) is 10.6 Å². The minimum absolute atomic E-state index is 0.00611. The Morgan fingerprint density at radius 2 is 1.68 bits per heavy atom. The molecule has 2 aromatic carbocycles. The fraction of sp³-hybridized carbons (Fsp3) is 0.105. The molecule has 0 aliphatic heterocycles. The van der Waals surface area contributed by atoms with E-state index in [9.17, 15) is 13.2 Å². The Morgan fingerprint density at radius 1 is 0.964 bits per heavy atom. The van der Waals surface area contributed by atoms with E-state index >= 15 is 0 Å². The van der Waals surface area contributed by atoms with Gasteiger partial charge in [0.2, 0.25) is 0 Å². The number of nitrogens with zero attached hydrogens (tertiary/aromatic N) is 2. The van der Waals surface area contributed by atoms with Crippen molar-refractivity contribution >= 4 is 33.1 Å². The molecule has 0 bridgehead atoms. The lowest BCUT2D eigenvalue weighted by Gasteiger charge is -2.11. The van der Waals surface area contributed by atoms with Gasteiger partial charge in [-0.05, 0) is 55.3 Å². The van der Waals surface area contributed by atoms with Crippen molar-refractivity contribution < 1.29 is 13.2 Å². The molecule has 0 aliphatic rings. The Morgan fingerprint density at radius 3 is 2.39 bits per heavy atom. The van der Waals surface area contributed by atoms with E-state index in [1.807, 2.05) is 13.8 Å². The van der Waals surface area contributed by atoms with Gasteiger partial charge in [0.1, 0.15) is 0 Å². The minimum atomic E-state index is -3.76. The lowest BCUT2D eigenvalue weighted by atomic mass is 10.1. The van der Waals surface area contributed by atoms with Gasteiger partial charge >= 0.3 is 0 Å². The summed E-state index contributed by atoms with van der Waals surface area (Å²) >= 11 is 0. The summed E-state index contributed by atoms with van der Waals surface area (Å²) in [7, 11) is -3.76. The van der Waals surface area contributed by atoms with Crippen LogP contribution in [0.25, 0.3) is 0 Å². The fourth-order valence-corrected chi connectivity index (χ4v) is 3.60. The molecule has 1 heterocycles. The number of benzene rings is 2. The largest absolute Gasteiger partial charge is 0.382 e. The Balaban J connectivity index is 1.80. The van der Waals surface area contributed by atoms with Crippen LogP contribution in [0.5, 0.6) is 0 Å². The van der Waals surface area contributed by atoms with Gasteiger partial charge in [0.25, 0.3) is 15.9 Å². The third kappa shape index (κ3) is 4.26. The van der Waals surface area contributed by atoms with Crippen LogP contribution >= 0.6 is 0 Å². The number of hydrogen-bond acceptors (Lipinski definition) is 6. The first kappa shape index (κ1) is 19.3. The number of carbonyl (C=O) groups excluding carboxylic acids is 1. The van der Waals surface area contributed by atoms with Crippen molar-refractivity contribution in [2.24, 2.45) is 0 Å². The lowest BCUT2D eigenvalue weighted by Crippen LogP contribution is -2.17. The second-order valence-electron chi connectivity index (χ2n) is 6.18. The molecular formula is C19H19N5O3S. The predicted octanol–water partition coefficient (Wildman–Crippen LogP) is 2.73. The highest BCUT2D eigenvalue weighted by atomic mass is 32.2. The quantitative estimate of drug-likeness (QED) is 0.607. The summed E-state index contributed by atoms with van der Waals surface area (Å²) in [6.45, 7) is 3.76. The standard InChI is InChI=1S/C19H19N5O3S/c1-12-6-7-16(10-13(12)2)28(26,27)24-15-5-3-4-14(11-15)23-19(25)17-18(20)22-9-8-21-17/h3-11,24H,1-2H3,(H2,20,22)(H,23,25). The highest BCUT2D eigenvalue weighted by Crippen LogP contribution is 2.21. The van der Waals surface area contributed by atoms with Crippen molar-refractivity contribution in [1.82, 2.24) is 9.97 Å². The van der Waals surface area contributed by atoms with Crippen LogP contribution in [0, 0.1) is 13.8 Å². The van der Waals surface area contributed by atoms with Crippen LogP contribution in [-0.2, 0) is 10.0 Å². The summed E-state index contributed by atoms with van der Waals surface area (Å²) < 4.78 is 27.8. The molecule has 0 fully saturated rings. The van der Waals surface area contributed by atoms with Crippen LogP contribution in [0.4, 0.5) is 17.2 Å². The zero-order valence-electron chi connectivity index (χ0n) is 15.3. The van der Waals surface area contributed by atoms with Gasteiger partial charge in [-0.1, -0.05) is 12.1 Å². The molecule has 1 aromatic heterocycles. The molecule has 4 N–H and O–H groups in total. The molecule has 3 aromatic rings. The van der Waals surface area contributed by atoms with Crippen LogP contribution < -0.4 is 15.8 Å². The third-order valence-electron chi connectivity index (χ3n) is 4.10. The first-order chi connectivity index (χ1) is 13.3. The Kier molecular flexibility index (Phi) is 5.27. The maximum atomic E-state index is 12.6. The highest BCUT2D eigenvalue weighted by Gasteiger charge is 2.16. The summed E-state index contributed by atoms with van der Waals surface area (Å²) in [5.74, 6) is -0.536. The maximum absolute atomic E-state index is 12.6. The molecule has 28 heavy (non-hydrogen) atoms. The highest BCUT2D eigenvalue weighted by molar-refractivity contribution is 7.92. The third-order valence-corrected chi connectivity index (χ3v) is 5.48. The van der Waals surface area contributed by atoms with Crippen LogP contribution in [0.1, 0.15) is 21.6 Å². The van der Waals surface area contributed by atoms with Crippen molar-refractivity contribution in [3.8, 4) is 0 Å². The van der Waals surface area contributed by atoms with Crippen LogP contribution in [0.2, 0.25) is 0 Å². The molecule has 0 saturated heterocycles. The minimum Gasteiger partial charge on any atom is -0.382 e. The molecule has 1 amide bonds. The molecule has 0 unspecified atom stereocenters. The molecule has 0 saturated carbocycles. The second-order valence-corrected chi connectivity index (χ2v) is 7.86. The fourth-order valence-electron chi connectivity index (χ4n) is 2.47. The number of carbonyl (C=O) groups is 1. The van der Waals surface area contributed by atoms with E-state index in [0.717, 1.165) is 11.1 Å². The summed E-state index contributed by atoms with van der Waals surface area (Å²) in [5.41, 5.74) is 8.22.